The Morgan fingerprint density at radius 1 is 1.56 bits per heavy atom. The Bertz CT molecular complexity index is 376. The highest BCUT2D eigenvalue weighted by molar-refractivity contribution is 7.10. The van der Waals surface area contributed by atoms with Crippen LogP contribution < -0.4 is 5.32 Å². The standard InChI is InChI=1S/C13H19NOS/c1-15-11-3-2-6-13(9-11)12-10(4-7-14-13)5-8-16-12/h5,8,11,14H,2-4,6-7,9H2,1H3. The van der Waals surface area contributed by atoms with Crippen LogP contribution in [0.2, 0.25) is 0 Å². The quantitative estimate of drug-likeness (QED) is 0.811. The third kappa shape index (κ3) is 1.62. The van der Waals surface area contributed by atoms with Crippen LogP contribution in [0.25, 0.3) is 0 Å². The van der Waals surface area contributed by atoms with Crippen molar-refractivity contribution in [2.45, 2.75) is 43.7 Å². The van der Waals surface area contributed by atoms with Crippen molar-refractivity contribution >= 4 is 11.3 Å². The van der Waals surface area contributed by atoms with E-state index in [1.165, 1.54) is 25.7 Å². The molecule has 0 saturated heterocycles. The van der Waals surface area contributed by atoms with E-state index in [-0.39, 0.29) is 5.54 Å². The maximum atomic E-state index is 5.57. The van der Waals surface area contributed by atoms with Gasteiger partial charge in [-0.05, 0) is 49.1 Å². The third-order valence-electron chi connectivity index (χ3n) is 4.08. The van der Waals surface area contributed by atoms with E-state index in [1.54, 1.807) is 10.4 Å². The average Bonchev–Trinajstić information content (AvgIpc) is 2.79. The number of hydrogen-bond donors (Lipinski definition) is 1. The van der Waals surface area contributed by atoms with Crippen LogP contribution >= 0.6 is 11.3 Å². The van der Waals surface area contributed by atoms with Crippen LogP contribution in [-0.2, 0) is 16.7 Å². The smallest absolute Gasteiger partial charge is 0.0592 e. The van der Waals surface area contributed by atoms with E-state index in [9.17, 15) is 0 Å². The van der Waals surface area contributed by atoms with Gasteiger partial charge in [-0.25, -0.2) is 0 Å². The molecule has 1 aliphatic heterocycles. The first kappa shape index (κ1) is 10.8. The number of methoxy groups -OCH3 is 1. The first-order valence-electron chi connectivity index (χ1n) is 6.19. The highest BCUT2D eigenvalue weighted by atomic mass is 32.1. The van der Waals surface area contributed by atoms with E-state index in [1.807, 2.05) is 18.4 Å². The van der Waals surface area contributed by atoms with Gasteiger partial charge in [-0.1, -0.05) is 0 Å². The van der Waals surface area contributed by atoms with Crippen molar-refractivity contribution in [1.29, 1.82) is 0 Å². The lowest BCUT2D eigenvalue weighted by atomic mass is 9.76. The maximum Gasteiger partial charge on any atom is 0.0592 e. The molecule has 16 heavy (non-hydrogen) atoms. The molecule has 0 aromatic carbocycles. The molecule has 2 aliphatic rings. The second-order valence-corrected chi connectivity index (χ2v) is 5.90. The summed E-state index contributed by atoms with van der Waals surface area (Å²) in [6.07, 6.45) is 6.56. The summed E-state index contributed by atoms with van der Waals surface area (Å²) in [5.41, 5.74) is 1.81. The Balaban J connectivity index is 1.94. The number of hydrogen-bond acceptors (Lipinski definition) is 3. The number of nitrogens with one attached hydrogen (secondary N) is 1. The highest BCUT2D eigenvalue weighted by Gasteiger charge is 2.41. The van der Waals surface area contributed by atoms with Crippen LogP contribution in [0, 0.1) is 0 Å². The molecule has 2 nitrogen and oxygen atoms in total. The summed E-state index contributed by atoms with van der Waals surface area (Å²) in [5, 5.41) is 6.02. The van der Waals surface area contributed by atoms with Gasteiger partial charge in [0.2, 0.25) is 0 Å². The first-order chi connectivity index (χ1) is 7.84. The van der Waals surface area contributed by atoms with Crippen molar-refractivity contribution in [3.8, 4) is 0 Å². The molecule has 1 N–H and O–H groups in total. The molecule has 0 bridgehead atoms. The van der Waals surface area contributed by atoms with E-state index in [4.69, 9.17) is 4.74 Å². The van der Waals surface area contributed by atoms with Crippen LogP contribution in [0.5, 0.6) is 0 Å². The molecule has 1 spiro atoms. The molecule has 2 atom stereocenters. The maximum absolute atomic E-state index is 5.57. The van der Waals surface area contributed by atoms with Crippen LogP contribution in [0.3, 0.4) is 0 Å². The highest BCUT2D eigenvalue weighted by Crippen LogP contribution is 2.43. The minimum absolute atomic E-state index is 0.237. The van der Waals surface area contributed by atoms with Crippen molar-refractivity contribution in [1.82, 2.24) is 5.32 Å². The largest absolute Gasteiger partial charge is 0.381 e. The topological polar surface area (TPSA) is 21.3 Å². The Labute approximate surface area is 101 Å². The van der Waals surface area contributed by atoms with Crippen LogP contribution in [0.15, 0.2) is 11.4 Å². The normalized spacial score (nSPS) is 33.9. The lowest BCUT2D eigenvalue weighted by Gasteiger charge is -2.43. The second-order valence-electron chi connectivity index (χ2n) is 4.99. The summed E-state index contributed by atoms with van der Waals surface area (Å²) in [6, 6.07) is 2.30. The van der Waals surface area contributed by atoms with E-state index >= 15 is 0 Å². The van der Waals surface area contributed by atoms with E-state index < -0.39 is 0 Å². The molecule has 3 rings (SSSR count). The van der Waals surface area contributed by atoms with Gasteiger partial charge in [0.15, 0.2) is 0 Å². The summed E-state index contributed by atoms with van der Waals surface area (Å²) in [5.74, 6) is 0. The minimum atomic E-state index is 0.237. The molecule has 88 valence electrons. The van der Waals surface area contributed by atoms with Gasteiger partial charge in [0.25, 0.3) is 0 Å². The van der Waals surface area contributed by atoms with Crippen molar-refractivity contribution in [3.63, 3.8) is 0 Å². The van der Waals surface area contributed by atoms with Crippen LogP contribution in [0.1, 0.15) is 36.1 Å². The van der Waals surface area contributed by atoms with Gasteiger partial charge in [-0.15, -0.1) is 11.3 Å². The fraction of sp³-hybridized carbons (Fsp3) is 0.692. The van der Waals surface area contributed by atoms with Gasteiger partial charge < -0.3 is 10.1 Å². The molecule has 1 aromatic heterocycles. The molecule has 1 fully saturated rings. The fourth-order valence-corrected chi connectivity index (χ4v) is 4.43. The minimum Gasteiger partial charge on any atom is -0.381 e. The molecule has 1 saturated carbocycles. The number of rotatable bonds is 1. The molecule has 0 amide bonds. The Morgan fingerprint density at radius 2 is 2.50 bits per heavy atom. The summed E-state index contributed by atoms with van der Waals surface area (Å²) in [6.45, 7) is 1.13. The Morgan fingerprint density at radius 3 is 3.38 bits per heavy atom. The predicted molar refractivity (Wildman–Crippen MR) is 67.0 cm³/mol. The van der Waals surface area contributed by atoms with Crippen molar-refractivity contribution in [2.75, 3.05) is 13.7 Å². The van der Waals surface area contributed by atoms with E-state index in [0.717, 1.165) is 13.0 Å². The zero-order valence-electron chi connectivity index (χ0n) is 9.79. The van der Waals surface area contributed by atoms with Gasteiger partial charge in [-0.2, -0.15) is 0 Å². The van der Waals surface area contributed by atoms with Crippen molar-refractivity contribution in [2.24, 2.45) is 0 Å². The van der Waals surface area contributed by atoms with Gasteiger partial charge in [0, 0.05) is 18.5 Å². The monoisotopic (exact) mass is 237 g/mol. The Hall–Kier alpha value is -0.380. The molecule has 3 heteroatoms. The summed E-state index contributed by atoms with van der Waals surface area (Å²) >= 11 is 1.93. The predicted octanol–water partition coefficient (Wildman–Crippen LogP) is 2.68. The van der Waals surface area contributed by atoms with Gasteiger partial charge in [0.1, 0.15) is 0 Å². The molecule has 2 unspecified atom stereocenters. The number of thiophene rings is 1. The lowest BCUT2D eigenvalue weighted by molar-refractivity contribution is 0.0285. The van der Waals surface area contributed by atoms with E-state index in [2.05, 4.69) is 16.8 Å². The molecular formula is C13H19NOS. The number of fused-ring (bicyclic) bond motifs is 2. The molecule has 0 radical (unpaired) electrons. The molecular weight excluding hydrogens is 218 g/mol. The van der Waals surface area contributed by atoms with Crippen LogP contribution in [0.4, 0.5) is 0 Å². The summed E-state index contributed by atoms with van der Waals surface area (Å²) < 4.78 is 5.57. The molecule has 1 aromatic rings. The van der Waals surface area contributed by atoms with Gasteiger partial charge >= 0.3 is 0 Å². The number of ether oxygens (including phenoxy) is 1. The first-order valence-corrected chi connectivity index (χ1v) is 7.07. The second kappa shape index (κ2) is 4.13. The average molecular weight is 237 g/mol. The molecule has 1 aliphatic carbocycles. The van der Waals surface area contributed by atoms with E-state index in [0.29, 0.717) is 6.10 Å². The summed E-state index contributed by atoms with van der Waals surface area (Å²) in [7, 11) is 1.85. The summed E-state index contributed by atoms with van der Waals surface area (Å²) in [4.78, 5) is 1.58. The Kier molecular flexibility index (Phi) is 2.78. The van der Waals surface area contributed by atoms with Gasteiger partial charge in [-0.3, -0.25) is 0 Å². The molecule has 2 heterocycles. The zero-order chi connectivity index (χ0) is 11.0. The van der Waals surface area contributed by atoms with Gasteiger partial charge in [0.05, 0.1) is 11.6 Å². The van der Waals surface area contributed by atoms with Crippen LogP contribution in [-0.4, -0.2) is 19.8 Å². The van der Waals surface area contributed by atoms with Crippen molar-refractivity contribution < 1.29 is 4.74 Å². The SMILES string of the molecule is COC1CCCC2(C1)NCCc1ccsc12. The van der Waals surface area contributed by atoms with Crippen molar-refractivity contribution in [3.05, 3.63) is 21.9 Å². The zero-order valence-corrected chi connectivity index (χ0v) is 10.6. The lowest BCUT2D eigenvalue weighted by Crippen LogP contribution is -2.50. The third-order valence-corrected chi connectivity index (χ3v) is 5.24. The fourth-order valence-electron chi connectivity index (χ4n) is 3.26.